The average molecular weight is 338 g/mol. The Labute approximate surface area is 134 Å². The molecule has 2 aromatic rings. The Balaban J connectivity index is 1.80. The van der Waals surface area contributed by atoms with E-state index in [0.29, 0.717) is 5.92 Å². The number of anilines is 1. The van der Waals surface area contributed by atoms with Crippen molar-refractivity contribution in [3.05, 3.63) is 35.7 Å². The monoisotopic (exact) mass is 338 g/mol. The Kier molecular flexibility index (Phi) is 4.16. The molecule has 1 aromatic heterocycles. The molecule has 1 fully saturated rings. The van der Waals surface area contributed by atoms with E-state index in [-0.39, 0.29) is 10.9 Å². The van der Waals surface area contributed by atoms with Crippen molar-refractivity contribution in [3.63, 3.8) is 0 Å². The third-order valence-corrected chi connectivity index (χ3v) is 5.25. The Morgan fingerprint density at radius 3 is 2.86 bits per heavy atom. The van der Waals surface area contributed by atoms with Gasteiger partial charge in [0.1, 0.15) is 5.82 Å². The first kappa shape index (κ1) is 15.4. The van der Waals surface area contributed by atoms with Gasteiger partial charge in [-0.1, -0.05) is 19.1 Å². The van der Waals surface area contributed by atoms with Gasteiger partial charge in [0.05, 0.1) is 10.9 Å². The topological polar surface area (TPSA) is 98.0 Å². The number of aromatic nitrogens is 2. The van der Waals surface area contributed by atoms with Crippen LogP contribution in [0.2, 0.25) is 0 Å². The molecule has 1 saturated carbocycles. The molecular formula is C14H18N4O2S2. The summed E-state index contributed by atoms with van der Waals surface area (Å²) in [6.45, 7) is 2.03. The summed E-state index contributed by atoms with van der Waals surface area (Å²) in [5.74, 6) is 1.44. The summed E-state index contributed by atoms with van der Waals surface area (Å²) in [4.78, 5) is 4.64. The molecule has 3 N–H and O–H groups in total. The number of sulfonamides is 1. The summed E-state index contributed by atoms with van der Waals surface area (Å²) in [7, 11) is -3.69. The summed E-state index contributed by atoms with van der Waals surface area (Å²) in [5, 5.41) is 9.30. The van der Waals surface area contributed by atoms with Gasteiger partial charge in [-0.2, -0.15) is 4.37 Å². The molecule has 0 aliphatic heterocycles. The van der Waals surface area contributed by atoms with Gasteiger partial charge < -0.3 is 5.32 Å². The van der Waals surface area contributed by atoms with Crippen LogP contribution in [0, 0.1) is 0 Å². The number of nitrogens with two attached hydrogens (primary N) is 1. The normalized spacial score (nSPS) is 16.5. The van der Waals surface area contributed by atoms with Gasteiger partial charge in [0, 0.05) is 17.5 Å². The van der Waals surface area contributed by atoms with Crippen molar-refractivity contribution >= 4 is 26.7 Å². The molecule has 1 aliphatic carbocycles. The number of hydrogen-bond donors (Lipinski definition) is 2. The molecule has 1 aromatic carbocycles. The van der Waals surface area contributed by atoms with E-state index in [2.05, 4.69) is 14.7 Å². The minimum atomic E-state index is -3.69. The van der Waals surface area contributed by atoms with Gasteiger partial charge in [0.2, 0.25) is 15.2 Å². The fourth-order valence-electron chi connectivity index (χ4n) is 2.28. The van der Waals surface area contributed by atoms with Gasteiger partial charge in [-0.05, 0) is 37.0 Å². The van der Waals surface area contributed by atoms with Gasteiger partial charge in [0.25, 0.3) is 0 Å². The number of primary sulfonamides is 1. The lowest BCUT2D eigenvalue weighted by Gasteiger charge is -2.17. The first-order valence-corrected chi connectivity index (χ1v) is 9.52. The van der Waals surface area contributed by atoms with E-state index < -0.39 is 10.0 Å². The van der Waals surface area contributed by atoms with Crippen molar-refractivity contribution in [1.29, 1.82) is 0 Å². The second-order valence-corrected chi connectivity index (χ2v) is 7.77. The lowest BCUT2D eigenvalue weighted by Crippen LogP contribution is -2.14. The van der Waals surface area contributed by atoms with Crippen molar-refractivity contribution in [3.8, 4) is 0 Å². The maximum atomic E-state index is 11.5. The van der Waals surface area contributed by atoms with E-state index >= 15 is 0 Å². The quantitative estimate of drug-likeness (QED) is 0.843. The highest BCUT2D eigenvalue weighted by Crippen LogP contribution is 2.39. The standard InChI is InChI=1S/C14H18N4O2S2/c1-2-12(10-4-3-5-11(8-10)22(15,19)20)16-14-17-13(18-21-14)9-6-7-9/h3-5,8-9,12H,2,6-7H2,1H3,(H2,15,19,20)(H,16,17,18). The van der Waals surface area contributed by atoms with Crippen LogP contribution in [-0.4, -0.2) is 17.8 Å². The molecule has 0 radical (unpaired) electrons. The van der Waals surface area contributed by atoms with E-state index in [1.165, 1.54) is 30.4 Å². The molecule has 22 heavy (non-hydrogen) atoms. The summed E-state index contributed by atoms with van der Waals surface area (Å²) in [6, 6.07) is 6.68. The van der Waals surface area contributed by atoms with Crippen molar-refractivity contribution in [2.24, 2.45) is 5.14 Å². The molecule has 0 spiro atoms. The fraction of sp³-hybridized carbons (Fsp3) is 0.429. The second-order valence-electron chi connectivity index (χ2n) is 5.45. The van der Waals surface area contributed by atoms with E-state index in [1.807, 2.05) is 13.0 Å². The lowest BCUT2D eigenvalue weighted by atomic mass is 10.1. The molecule has 1 heterocycles. The molecule has 1 unspecified atom stereocenters. The van der Waals surface area contributed by atoms with Crippen LogP contribution in [0.25, 0.3) is 0 Å². The van der Waals surface area contributed by atoms with Crippen molar-refractivity contribution in [2.75, 3.05) is 5.32 Å². The summed E-state index contributed by atoms with van der Waals surface area (Å²) >= 11 is 1.35. The lowest BCUT2D eigenvalue weighted by molar-refractivity contribution is 0.597. The van der Waals surface area contributed by atoms with Gasteiger partial charge in [-0.3, -0.25) is 0 Å². The predicted octanol–water partition coefficient (Wildman–Crippen LogP) is 2.63. The summed E-state index contributed by atoms with van der Waals surface area (Å²) < 4.78 is 27.3. The Hall–Kier alpha value is -1.51. The SMILES string of the molecule is CCC(Nc1nc(C2CC2)ns1)c1cccc(S(N)(=O)=O)c1. The second kappa shape index (κ2) is 5.94. The molecule has 0 amide bonds. The molecule has 0 bridgehead atoms. The average Bonchev–Trinajstić information content (AvgIpc) is 3.24. The molecule has 3 rings (SSSR count). The minimum Gasteiger partial charge on any atom is -0.353 e. The molecule has 0 saturated heterocycles. The minimum absolute atomic E-state index is 0.0262. The third-order valence-electron chi connectivity index (χ3n) is 3.68. The number of rotatable bonds is 6. The van der Waals surface area contributed by atoms with Gasteiger partial charge >= 0.3 is 0 Å². The third kappa shape index (κ3) is 3.45. The molecule has 118 valence electrons. The van der Waals surface area contributed by atoms with Crippen LogP contribution in [0.3, 0.4) is 0 Å². The highest BCUT2D eigenvalue weighted by molar-refractivity contribution is 7.89. The highest BCUT2D eigenvalue weighted by Gasteiger charge is 2.28. The maximum Gasteiger partial charge on any atom is 0.238 e. The zero-order valence-electron chi connectivity index (χ0n) is 12.2. The first-order chi connectivity index (χ1) is 10.5. The number of nitrogens with zero attached hydrogens (tertiary/aromatic N) is 2. The smallest absolute Gasteiger partial charge is 0.238 e. The fourth-order valence-corrected chi connectivity index (χ4v) is 3.55. The van der Waals surface area contributed by atoms with Crippen LogP contribution < -0.4 is 10.5 Å². The number of nitrogens with one attached hydrogen (secondary N) is 1. The van der Waals surface area contributed by atoms with Crippen LogP contribution in [-0.2, 0) is 10.0 Å². The van der Waals surface area contributed by atoms with Crippen molar-refractivity contribution in [1.82, 2.24) is 9.36 Å². The summed E-state index contributed by atoms with van der Waals surface area (Å²) in [5.41, 5.74) is 0.872. The molecule has 8 heteroatoms. The predicted molar refractivity (Wildman–Crippen MR) is 86.4 cm³/mol. The van der Waals surface area contributed by atoms with Crippen molar-refractivity contribution < 1.29 is 8.42 Å². The van der Waals surface area contributed by atoms with Crippen LogP contribution in [0.15, 0.2) is 29.2 Å². The van der Waals surface area contributed by atoms with E-state index in [0.717, 1.165) is 22.9 Å². The number of benzene rings is 1. The van der Waals surface area contributed by atoms with Gasteiger partial charge in [-0.15, -0.1) is 0 Å². The first-order valence-electron chi connectivity index (χ1n) is 7.20. The zero-order valence-corrected chi connectivity index (χ0v) is 13.8. The zero-order chi connectivity index (χ0) is 15.7. The maximum absolute atomic E-state index is 11.5. The van der Waals surface area contributed by atoms with E-state index in [9.17, 15) is 8.42 Å². The highest BCUT2D eigenvalue weighted by atomic mass is 32.2. The Morgan fingerprint density at radius 2 is 2.23 bits per heavy atom. The van der Waals surface area contributed by atoms with Crippen LogP contribution in [0.4, 0.5) is 5.13 Å². The molecule has 6 nitrogen and oxygen atoms in total. The Morgan fingerprint density at radius 1 is 1.45 bits per heavy atom. The van der Waals surface area contributed by atoms with Gasteiger partial charge in [-0.25, -0.2) is 18.5 Å². The van der Waals surface area contributed by atoms with E-state index in [4.69, 9.17) is 5.14 Å². The van der Waals surface area contributed by atoms with Crippen LogP contribution >= 0.6 is 11.5 Å². The van der Waals surface area contributed by atoms with Gasteiger partial charge in [0.15, 0.2) is 0 Å². The van der Waals surface area contributed by atoms with Crippen LogP contribution in [0.5, 0.6) is 0 Å². The van der Waals surface area contributed by atoms with E-state index in [1.54, 1.807) is 12.1 Å². The Bertz CT molecular complexity index is 769. The molecule has 1 aliphatic rings. The largest absolute Gasteiger partial charge is 0.353 e. The van der Waals surface area contributed by atoms with Crippen molar-refractivity contribution in [2.45, 2.75) is 43.0 Å². The summed E-state index contributed by atoms with van der Waals surface area (Å²) in [6.07, 6.45) is 3.14. The number of hydrogen-bond acceptors (Lipinski definition) is 6. The molecule has 1 atom stereocenters. The molecular weight excluding hydrogens is 320 g/mol. The van der Waals surface area contributed by atoms with Crippen LogP contribution in [0.1, 0.15) is 49.5 Å².